The van der Waals surface area contributed by atoms with Crippen LogP contribution in [0.1, 0.15) is 37.8 Å². The highest BCUT2D eigenvalue weighted by atomic mass is 32.1. The highest BCUT2D eigenvalue weighted by molar-refractivity contribution is 7.09. The summed E-state index contributed by atoms with van der Waals surface area (Å²) in [7, 11) is 0. The maximum atomic E-state index is 12.5. The fourth-order valence-electron chi connectivity index (χ4n) is 2.79. The average Bonchev–Trinajstić information content (AvgIpc) is 2.89. The van der Waals surface area contributed by atoms with E-state index >= 15 is 0 Å². The first-order valence-corrected chi connectivity index (χ1v) is 7.10. The van der Waals surface area contributed by atoms with Crippen LogP contribution in [0, 0.1) is 0 Å². The standard InChI is InChI=1S/C11H15N5O2S/c12-8-7(14-15-19-8)6-16-9(17)11(13-10(16)18)4-2-1-3-5-11/h1-6,12H2,(H,13,18). The second kappa shape index (κ2) is 4.44. The number of nitrogens with two attached hydrogens (primary N) is 1. The van der Waals surface area contributed by atoms with E-state index in [4.69, 9.17) is 5.73 Å². The van der Waals surface area contributed by atoms with Crippen LogP contribution in [0.5, 0.6) is 0 Å². The number of imide groups is 1. The lowest BCUT2D eigenvalue weighted by atomic mass is 9.82. The SMILES string of the molecule is Nc1snnc1CN1C(=O)NC2(CCCCC2)C1=O. The summed E-state index contributed by atoms with van der Waals surface area (Å²) in [6.45, 7) is 0.106. The van der Waals surface area contributed by atoms with Gasteiger partial charge in [0.25, 0.3) is 5.91 Å². The summed E-state index contributed by atoms with van der Waals surface area (Å²) in [4.78, 5) is 25.7. The second-order valence-electron chi connectivity index (χ2n) is 5.05. The van der Waals surface area contributed by atoms with Crippen LogP contribution >= 0.6 is 11.5 Å². The van der Waals surface area contributed by atoms with Gasteiger partial charge < -0.3 is 11.1 Å². The molecule has 7 nitrogen and oxygen atoms in total. The molecular formula is C11H15N5O2S. The van der Waals surface area contributed by atoms with Crippen molar-refractivity contribution in [2.45, 2.75) is 44.2 Å². The van der Waals surface area contributed by atoms with Crippen molar-refractivity contribution in [1.29, 1.82) is 0 Å². The van der Waals surface area contributed by atoms with Crippen molar-refractivity contribution in [1.82, 2.24) is 19.8 Å². The molecule has 19 heavy (non-hydrogen) atoms. The third-order valence-corrected chi connectivity index (χ3v) is 4.44. The summed E-state index contributed by atoms with van der Waals surface area (Å²) < 4.78 is 3.71. The number of carbonyl (C=O) groups excluding carboxylic acids is 2. The van der Waals surface area contributed by atoms with E-state index in [1.54, 1.807) is 0 Å². The molecule has 1 aromatic heterocycles. The number of anilines is 1. The Balaban J connectivity index is 1.81. The van der Waals surface area contributed by atoms with Gasteiger partial charge in [-0.15, -0.1) is 5.10 Å². The van der Waals surface area contributed by atoms with Crippen LogP contribution in [0.4, 0.5) is 9.80 Å². The molecule has 2 heterocycles. The average molecular weight is 281 g/mol. The summed E-state index contributed by atoms with van der Waals surface area (Å²) in [6.07, 6.45) is 4.51. The van der Waals surface area contributed by atoms with Crippen molar-refractivity contribution < 1.29 is 9.59 Å². The van der Waals surface area contributed by atoms with Crippen LogP contribution in [-0.2, 0) is 11.3 Å². The van der Waals surface area contributed by atoms with Crippen molar-refractivity contribution >= 4 is 28.5 Å². The van der Waals surface area contributed by atoms with Crippen LogP contribution in [0.15, 0.2) is 0 Å². The van der Waals surface area contributed by atoms with Gasteiger partial charge in [0.1, 0.15) is 16.2 Å². The van der Waals surface area contributed by atoms with Crippen molar-refractivity contribution in [2.24, 2.45) is 0 Å². The Kier molecular flexibility index (Phi) is 2.89. The Morgan fingerprint density at radius 1 is 1.32 bits per heavy atom. The molecule has 0 radical (unpaired) electrons. The van der Waals surface area contributed by atoms with Gasteiger partial charge in [-0.2, -0.15) is 0 Å². The number of urea groups is 1. The minimum Gasteiger partial charge on any atom is -0.388 e. The minimum absolute atomic E-state index is 0.106. The lowest BCUT2D eigenvalue weighted by Crippen LogP contribution is -2.48. The molecule has 1 saturated carbocycles. The molecule has 1 aliphatic carbocycles. The van der Waals surface area contributed by atoms with Gasteiger partial charge in [-0.05, 0) is 12.8 Å². The van der Waals surface area contributed by atoms with Gasteiger partial charge in [-0.1, -0.05) is 23.8 Å². The topological polar surface area (TPSA) is 101 Å². The molecule has 2 fully saturated rings. The third-order valence-electron chi connectivity index (χ3n) is 3.85. The van der Waals surface area contributed by atoms with Crippen molar-refractivity contribution in [2.75, 3.05) is 5.73 Å². The molecule has 1 aromatic rings. The number of nitrogens with one attached hydrogen (secondary N) is 1. The molecular weight excluding hydrogens is 266 g/mol. The molecule has 1 saturated heterocycles. The zero-order chi connectivity index (χ0) is 13.5. The first kappa shape index (κ1) is 12.3. The Hall–Kier alpha value is -1.70. The smallest absolute Gasteiger partial charge is 0.325 e. The zero-order valence-corrected chi connectivity index (χ0v) is 11.2. The van der Waals surface area contributed by atoms with E-state index < -0.39 is 5.54 Å². The Morgan fingerprint density at radius 3 is 2.68 bits per heavy atom. The van der Waals surface area contributed by atoms with Crippen LogP contribution in [0.25, 0.3) is 0 Å². The molecule has 8 heteroatoms. The van der Waals surface area contributed by atoms with Gasteiger partial charge >= 0.3 is 6.03 Å². The highest BCUT2D eigenvalue weighted by Crippen LogP contribution is 2.34. The first-order valence-electron chi connectivity index (χ1n) is 6.33. The van der Waals surface area contributed by atoms with Crippen molar-refractivity contribution in [3.63, 3.8) is 0 Å². The first-order chi connectivity index (χ1) is 9.12. The van der Waals surface area contributed by atoms with E-state index in [1.165, 1.54) is 4.90 Å². The lowest BCUT2D eigenvalue weighted by Gasteiger charge is -2.30. The van der Waals surface area contributed by atoms with Crippen molar-refractivity contribution in [3.8, 4) is 0 Å². The predicted molar refractivity (Wildman–Crippen MR) is 69.2 cm³/mol. The van der Waals surface area contributed by atoms with E-state index in [2.05, 4.69) is 14.9 Å². The number of rotatable bonds is 2. The molecule has 0 unspecified atom stereocenters. The van der Waals surface area contributed by atoms with Gasteiger partial charge in [0.05, 0.1) is 6.54 Å². The monoisotopic (exact) mass is 281 g/mol. The van der Waals surface area contributed by atoms with Gasteiger partial charge in [-0.3, -0.25) is 9.69 Å². The number of carbonyl (C=O) groups is 2. The van der Waals surface area contributed by atoms with E-state index in [-0.39, 0.29) is 18.5 Å². The lowest BCUT2D eigenvalue weighted by molar-refractivity contribution is -0.132. The molecule has 3 amide bonds. The molecule has 1 aliphatic heterocycles. The van der Waals surface area contributed by atoms with E-state index in [1.807, 2.05) is 0 Å². The summed E-state index contributed by atoms with van der Waals surface area (Å²) in [5, 5.41) is 7.15. The Labute approximate surface area is 114 Å². The van der Waals surface area contributed by atoms with E-state index in [0.717, 1.165) is 43.6 Å². The second-order valence-corrected chi connectivity index (χ2v) is 5.83. The quantitative estimate of drug-likeness (QED) is 0.783. The fraction of sp³-hybridized carbons (Fsp3) is 0.636. The molecule has 1 spiro atoms. The number of amides is 3. The van der Waals surface area contributed by atoms with E-state index in [9.17, 15) is 9.59 Å². The normalized spacial score (nSPS) is 22.0. The number of aromatic nitrogens is 2. The molecule has 2 aliphatic rings. The van der Waals surface area contributed by atoms with Gasteiger partial charge in [0, 0.05) is 11.5 Å². The Morgan fingerprint density at radius 2 is 2.05 bits per heavy atom. The number of hydrogen-bond acceptors (Lipinski definition) is 6. The van der Waals surface area contributed by atoms with Crippen LogP contribution in [0.2, 0.25) is 0 Å². The third kappa shape index (κ3) is 1.95. The number of nitrogens with zero attached hydrogens (tertiary/aromatic N) is 3. The molecule has 0 bridgehead atoms. The minimum atomic E-state index is -0.687. The van der Waals surface area contributed by atoms with Gasteiger partial charge in [-0.25, -0.2) is 4.79 Å². The van der Waals surface area contributed by atoms with Gasteiger partial charge in [0.15, 0.2) is 0 Å². The summed E-state index contributed by atoms with van der Waals surface area (Å²) in [6, 6.07) is -0.348. The molecule has 0 aromatic carbocycles. The maximum absolute atomic E-state index is 12.5. The van der Waals surface area contributed by atoms with Crippen LogP contribution < -0.4 is 11.1 Å². The van der Waals surface area contributed by atoms with E-state index in [0.29, 0.717) is 10.7 Å². The van der Waals surface area contributed by atoms with Crippen molar-refractivity contribution in [3.05, 3.63) is 5.69 Å². The fourth-order valence-corrected chi connectivity index (χ4v) is 3.23. The highest BCUT2D eigenvalue weighted by Gasteiger charge is 2.51. The molecule has 3 N–H and O–H groups in total. The zero-order valence-electron chi connectivity index (χ0n) is 10.4. The number of hydrogen-bond donors (Lipinski definition) is 2. The maximum Gasteiger partial charge on any atom is 0.325 e. The molecule has 3 rings (SSSR count). The summed E-state index contributed by atoms with van der Waals surface area (Å²) in [5.74, 6) is -0.149. The predicted octanol–water partition coefficient (Wildman–Crippen LogP) is 0.875. The summed E-state index contributed by atoms with van der Waals surface area (Å²) >= 11 is 1.06. The summed E-state index contributed by atoms with van der Waals surface area (Å²) in [5.41, 5.74) is 5.50. The van der Waals surface area contributed by atoms with Crippen LogP contribution in [0.3, 0.4) is 0 Å². The Bertz CT molecular complexity index is 523. The molecule has 102 valence electrons. The van der Waals surface area contributed by atoms with Crippen LogP contribution in [-0.4, -0.2) is 32.0 Å². The largest absolute Gasteiger partial charge is 0.388 e. The number of nitrogen functional groups attached to an aromatic ring is 1. The van der Waals surface area contributed by atoms with Gasteiger partial charge in [0.2, 0.25) is 0 Å². The molecule has 0 atom stereocenters.